The van der Waals surface area contributed by atoms with E-state index < -0.39 is 0 Å². The topological polar surface area (TPSA) is 41.1 Å². The molecule has 0 bridgehead atoms. The molecular formula is C16H24N4S. The number of nitrogens with zero attached hydrogens (tertiary/aromatic N) is 3. The van der Waals surface area contributed by atoms with Gasteiger partial charge in [0.1, 0.15) is 10.6 Å². The molecule has 1 N–H and O–H groups in total. The highest BCUT2D eigenvalue weighted by molar-refractivity contribution is 7.16. The Kier molecular flexibility index (Phi) is 4.58. The fraction of sp³-hybridized carbons (Fsp3) is 0.625. The average Bonchev–Trinajstić information content (AvgIpc) is 2.96. The van der Waals surface area contributed by atoms with Crippen molar-refractivity contribution in [3.8, 4) is 0 Å². The Morgan fingerprint density at radius 3 is 3.05 bits per heavy atom. The second kappa shape index (κ2) is 6.60. The molecule has 0 aliphatic carbocycles. The highest BCUT2D eigenvalue weighted by atomic mass is 32.1. The maximum absolute atomic E-state index is 4.83. The maximum Gasteiger partial charge on any atom is 0.226 e. The van der Waals surface area contributed by atoms with Gasteiger partial charge in [-0.25, -0.2) is 4.98 Å². The molecule has 0 amide bonds. The summed E-state index contributed by atoms with van der Waals surface area (Å²) in [5, 5.41) is 6.61. The van der Waals surface area contributed by atoms with E-state index in [0.717, 1.165) is 29.7 Å². The lowest BCUT2D eigenvalue weighted by Gasteiger charge is -2.37. The molecule has 1 atom stereocenters. The zero-order valence-electron chi connectivity index (χ0n) is 12.9. The second-order valence-corrected chi connectivity index (χ2v) is 6.57. The molecule has 2 aromatic rings. The minimum Gasteiger partial charge on any atom is -0.354 e. The molecule has 2 aromatic heterocycles. The van der Waals surface area contributed by atoms with Gasteiger partial charge in [0.2, 0.25) is 5.95 Å². The third-order valence-corrected chi connectivity index (χ3v) is 4.97. The van der Waals surface area contributed by atoms with Gasteiger partial charge in [-0.15, -0.1) is 11.3 Å². The minimum absolute atomic E-state index is 0.635. The molecule has 0 saturated carbocycles. The average molecular weight is 304 g/mol. The van der Waals surface area contributed by atoms with E-state index in [0.29, 0.717) is 6.04 Å². The first-order chi connectivity index (χ1) is 10.3. The second-order valence-electron chi connectivity index (χ2n) is 5.67. The third kappa shape index (κ3) is 2.98. The van der Waals surface area contributed by atoms with Crippen molar-refractivity contribution >= 4 is 33.3 Å². The molecule has 21 heavy (non-hydrogen) atoms. The lowest BCUT2D eigenvalue weighted by atomic mass is 9.98. The fourth-order valence-corrected chi connectivity index (χ4v) is 3.97. The van der Waals surface area contributed by atoms with Crippen LogP contribution < -0.4 is 10.2 Å². The van der Waals surface area contributed by atoms with Crippen LogP contribution in [0.2, 0.25) is 0 Å². The van der Waals surface area contributed by atoms with Crippen molar-refractivity contribution in [3.05, 3.63) is 11.4 Å². The van der Waals surface area contributed by atoms with Crippen LogP contribution >= 0.6 is 11.3 Å². The first-order valence-electron chi connectivity index (χ1n) is 8.09. The van der Waals surface area contributed by atoms with Crippen LogP contribution in [0.3, 0.4) is 0 Å². The zero-order valence-corrected chi connectivity index (χ0v) is 13.7. The summed E-state index contributed by atoms with van der Waals surface area (Å²) in [5.74, 6) is 1.90. The van der Waals surface area contributed by atoms with E-state index in [1.807, 2.05) is 0 Å². The van der Waals surface area contributed by atoms with Crippen molar-refractivity contribution in [2.45, 2.75) is 52.0 Å². The number of rotatable bonds is 5. The molecule has 3 heterocycles. The molecule has 0 spiro atoms. The largest absolute Gasteiger partial charge is 0.354 e. The van der Waals surface area contributed by atoms with E-state index >= 15 is 0 Å². The van der Waals surface area contributed by atoms with Crippen LogP contribution in [0, 0.1) is 0 Å². The summed E-state index contributed by atoms with van der Waals surface area (Å²) in [6.45, 7) is 6.34. The van der Waals surface area contributed by atoms with Crippen molar-refractivity contribution in [2.24, 2.45) is 0 Å². The van der Waals surface area contributed by atoms with Gasteiger partial charge in [0.25, 0.3) is 0 Å². The number of piperidine rings is 1. The molecule has 1 unspecified atom stereocenters. The third-order valence-electron chi connectivity index (χ3n) is 4.16. The predicted molar refractivity (Wildman–Crippen MR) is 91.5 cm³/mol. The molecule has 0 radical (unpaired) electrons. The summed E-state index contributed by atoms with van der Waals surface area (Å²) in [6, 6.07) is 2.80. The summed E-state index contributed by atoms with van der Waals surface area (Å²) >= 11 is 1.70. The molecule has 0 aromatic carbocycles. The summed E-state index contributed by atoms with van der Waals surface area (Å²) in [4.78, 5) is 13.1. The van der Waals surface area contributed by atoms with E-state index in [1.165, 1.54) is 37.5 Å². The van der Waals surface area contributed by atoms with Gasteiger partial charge < -0.3 is 10.2 Å². The number of nitrogens with one attached hydrogen (secondary N) is 1. The van der Waals surface area contributed by atoms with Gasteiger partial charge in [0.15, 0.2) is 0 Å². The van der Waals surface area contributed by atoms with E-state index in [9.17, 15) is 0 Å². The quantitative estimate of drug-likeness (QED) is 0.895. The van der Waals surface area contributed by atoms with Crippen LogP contribution in [-0.2, 0) is 0 Å². The molecule has 1 aliphatic heterocycles. The minimum atomic E-state index is 0.635. The van der Waals surface area contributed by atoms with E-state index in [1.54, 1.807) is 11.3 Å². The van der Waals surface area contributed by atoms with Gasteiger partial charge in [-0.3, -0.25) is 0 Å². The van der Waals surface area contributed by atoms with Gasteiger partial charge in [0.05, 0.1) is 5.39 Å². The number of fused-ring (bicyclic) bond motifs is 1. The number of hydrogen-bond acceptors (Lipinski definition) is 5. The van der Waals surface area contributed by atoms with E-state index in [4.69, 9.17) is 4.98 Å². The Labute approximate surface area is 130 Å². The SMILES string of the molecule is CCCC1CCCCN1c1nc(NCC)nc2sccc12. The van der Waals surface area contributed by atoms with Crippen molar-refractivity contribution in [3.63, 3.8) is 0 Å². The summed E-state index contributed by atoms with van der Waals surface area (Å²) < 4.78 is 0. The normalized spacial score (nSPS) is 19.1. The Hall–Kier alpha value is -1.36. The van der Waals surface area contributed by atoms with Crippen LogP contribution in [0.4, 0.5) is 11.8 Å². The van der Waals surface area contributed by atoms with Crippen molar-refractivity contribution in [1.29, 1.82) is 0 Å². The van der Waals surface area contributed by atoms with E-state index in [-0.39, 0.29) is 0 Å². The molecule has 1 saturated heterocycles. The van der Waals surface area contributed by atoms with Crippen LogP contribution in [0.15, 0.2) is 11.4 Å². The zero-order chi connectivity index (χ0) is 14.7. The van der Waals surface area contributed by atoms with Crippen LogP contribution in [0.5, 0.6) is 0 Å². The molecule has 114 valence electrons. The van der Waals surface area contributed by atoms with Crippen LogP contribution in [0.25, 0.3) is 10.2 Å². The van der Waals surface area contributed by atoms with Gasteiger partial charge in [-0.1, -0.05) is 13.3 Å². The molecule has 1 fully saturated rings. The van der Waals surface area contributed by atoms with Crippen molar-refractivity contribution < 1.29 is 0 Å². The molecule has 5 heteroatoms. The molecular weight excluding hydrogens is 280 g/mol. The van der Waals surface area contributed by atoms with Gasteiger partial charge in [-0.2, -0.15) is 4.98 Å². The summed E-state index contributed by atoms with van der Waals surface area (Å²) in [7, 11) is 0. The Morgan fingerprint density at radius 2 is 2.24 bits per heavy atom. The van der Waals surface area contributed by atoms with E-state index in [2.05, 4.69) is 40.5 Å². The number of hydrogen-bond donors (Lipinski definition) is 1. The lowest BCUT2D eigenvalue weighted by Crippen LogP contribution is -2.40. The Bertz CT molecular complexity index is 593. The van der Waals surface area contributed by atoms with Crippen molar-refractivity contribution in [2.75, 3.05) is 23.3 Å². The first kappa shape index (κ1) is 14.6. The van der Waals surface area contributed by atoms with Crippen LogP contribution in [-0.4, -0.2) is 29.1 Å². The number of thiophene rings is 1. The van der Waals surface area contributed by atoms with Crippen molar-refractivity contribution in [1.82, 2.24) is 9.97 Å². The predicted octanol–water partition coefficient (Wildman–Crippen LogP) is 4.28. The summed E-state index contributed by atoms with van der Waals surface area (Å²) in [5.41, 5.74) is 0. The van der Waals surface area contributed by atoms with Crippen LogP contribution in [0.1, 0.15) is 46.0 Å². The standard InChI is InChI=1S/C16H24N4S/c1-3-7-12-8-5-6-10-20(12)14-13-9-11-21-15(13)19-16(18-14)17-4-2/h9,11-12H,3-8,10H2,1-2H3,(H,17,18,19). The monoisotopic (exact) mass is 304 g/mol. The fourth-order valence-electron chi connectivity index (χ4n) is 3.21. The molecule has 4 nitrogen and oxygen atoms in total. The highest BCUT2D eigenvalue weighted by Crippen LogP contribution is 2.33. The molecule has 1 aliphatic rings. The number of aromatic nitrogens is 2. The van der Waals surface area contributed by atoms with Gasteiger partial charge in [0, 0.05) is 19.1 Å². The van der Waals surface area contributed by atoms with Gasteiger partial charge in [-0.05, 0) is 44.1 Å². The maximum atomic E-state index is 4.83. The number of anilines is 2. The Morgan fingerprint density at radius 1 is 1.33 bits per heavy atom. The molecule has 3 rings (SSSR count). The lowest BCUT2D eigenvalue weighted by molar-refractivity contribution is 0.433. The Balaban J connectivity index is 2.01. The smallest absolute Gasteiger partial charge is 0.226 e. The highest BCUT2D eigenvalue weighted by Gasteiger charge is 2.25. The first-order valence-corrected chi connectivity index (χ1v) is 8.97. The summed E-state index contributed by atoms with van der Waals surface area (Å²) in [6.07, 6.45) is 6.40. The van der Waals surface area contributed by atoms with Gasteiger partial charge >= 0.3 is 0 Å².